The van der Waals surface area contributed by atoms with Gasteiger partial charge in [0.05, 0.1) is 0 Å². The summed E-state index contributed by atoms with van der Waals surface area (Å²) in [6.45, 7) is 1.36. The van der Waals surface area contributed by atoms with E-state index in [1.807, 2.05) is 0 Å². The molecule has 2 atom stereocenters. The largest absolute Gasteiger partial charge is 0.480 e. The van der Waals surface area contributed by atoms with Crippen molar-refractivity contribution in [2.24, 2.45) is 0 Å². The maximum Gasteiger partial charge on any atom is 0.326 e. The molecule has 0 bridgehead atoms. The lowest BCUT2D eigenvalue weighted by atomic mass is 10.1. The molecule has 0 aliphatic carbocycles. The number of nitrogens with one attached hydrogen (secondary N) is 2. The van der Waals surface area contributed by atoms with Crippen LogP contribution in [0.1, 0.15) is 32.6 Å². The van der Waals surface area contributed by atoms with Crippen LogP contribution in [0.15, 0.2) is 0 Å². The molecule has 0 aromatic rings. The van der Waals surface area contributed by atoms with Gasteiger partial charge in [-0.15, -0.1) is 0 Å². The fourth-order valence-corrected chi connectivity index (χ4v) is 1.69. The Morgan fingerprint density at radius 1 is 1.50 bits per heavy atom. The number of carboxylic acids is 1. The molecule has 1 rings (SSSR count). The van der Waals surface area contributed by atoms with Crippen molar-refractivity contribution in [2.45, 2.75) is 44.7 Å². The van der Waals surface area contributed by atoms with Crippen LogP contribution in [-0.2, 0) is 19.2 Å². The van der Waals surface area contributed by atoms with Gasteiger partial charge in [0.1, 0.15) is 17.9 Å². The zero-order valence-electron chi connectivity index (χ0n) is 10.1. The first kappa shape index (κ1) is 14.1. The molecule has 100 valence electrons. The predicted octanol–water partition coefficient (Wildman–Crippen LogP) is -0.796. The van der Waals surface area contributed by atoms with E-state index in [2.05, 4.69) is 10.6 Å². The zero-order chi connectivity index (χ0) is 13.7. The van der Waals surface area contributed by atoms with Crippen LogP contribution in [0, 0.1) is 0 Å². The van der Waals surface area contributed by atoms with Gasteiger partial charge in [0.2, 0.25) is 11.8 Å². The summed E-state index contributed by atoms with van der Waals surface area (Å²) >= 11 is 0. The number of Topliss-reactive ketones (excluding diaryl/α,β-unsaturated/α-hetero) is 1. The second-order valence-electron chi connectivity index (χ2n) is 4.30. The molecule has 1 heterocycles. The van der Waals surface area contributed by atoms with Crippen molar-refractivity contribution in [1.82, 2.24) is 10.6 Å². The number of hydrogen-bond donors (Lipinski definition) is 3. The van der Waals surface area contributed by atoms with Crippen molar-refractivity contribution in [3.8, 4) is 0 Å². The van der Waals surface area contributed by atoms with E-state index in [0.717, 1.165) is 0 Å². The highest BCUT2D eigenvalue weighted by molar-refractivity contribution is 5.92. The fourth-order valence-electron chi connectivity index (χ4n) is 1.69. The summed E-state index contributed by atoms with van der Waals surface area (Å²) in [5, 5.41) is 13.7. The lowest BCUT2D eigenvalue weighted by molar-refractivity contribution is -0.142. The molecule has 1 aliphatic rings. The Labute approximate surface area is 104 Å². The van der Waals surface area contributed by atoms with Crippen LogP contribution in [0.5, 0.6) is 0 Å². The maximum absolute atomic E-state index is 11.7. The number of carboxylic acid groups (broad SMARTS) is 1. The van der Waals surface area contributed by atoms with E-state index < -0.39 is 24.0 Å². The van der Waals surface area contributed by atoms with E-state index in [0.29, 0.717) is 6.42 Å². The van der Waals surface area contributed by atoms with E-state index in [9.17, 15) is 19.2 Å². The summed E-state index contributed by atoms with van der Waals surface area (Å²) in [5.74, 6) is -2.05. The second kappa shape index (κ2) is 6.13. The quantitative estimate of drug-likeness (QED) is 0.576. The highest BCUT2D eigenvalue weighted by Crippen LogP contribution is 2.07. The van der Waals surface area contributed by atoms with Crippen molar-refractivity contribution in [3.63, 3.8) is 0 Å². The number of hydrogen-bond acceptors (Lipinski definition) is 4. The van der Waals surface area contributed by atoms with Gasteiger partial charge in [0.25, 0.3) is 0 Å². The van der Waals surface area contributed by atoms with Crippen LogP contribution < -0.4 is 10.6 Å². The van der Waals surface area contributed by atoms with Gasteiger partial charge in [0, 0.05) is 12.8 Å². The third-order valence-electron chi connectivity index (χ3n) is 2.71. The van der Waals surface area contributed by atoms with Crippen molar-refractivity contribution in [1.29, 1.82) is 0 Å². The van der Waals surface area contributed by atoms with E-state index in [-0.39, 0.29) is 31.0 Å². The topological polar surface area (TPSA) is 113 Å². The molecule has 2 amide bonds. The molecule has 18 heavy (non-hydrogen) atoms. The normalized spacial score (nSPS) is 20.1. The minimum Gasteiger partial charge on any atom is -0.480 e. The zero-order valence-corrected chi connectivity index (χ0v) is 10.1. The number of carbonyl (C=O) groups is 4. The van der Waals surface area contributed by atoms with E-state index >= 15 is 0 Å². The third-order valence-corrected chi connectivity index (χ3v) is 2.71. The van der Waals surface area contributed by atoms with Crippen molar-refractivity contribution >= 4 is 23.6 Å². The van der Waals surface area contributed by atoms with Gasteiger partial charge in [-0.3, -0.25) is 9.59 Å². The molecule has 0 aromatic carbocycles. The van der Waals surface area contributed by atoms with E-state index in [1.165, 1.54) is 6.92 Å². The van der Waals surface area contributed by atoms with Gasteiger partial charge in [-0.2, -0.15) is 0 Å². The number of carbonyl (C=O) groups excluding carboxylic acids is 3. The molecular weight excluding hydrogens is 240 g/mol. The molecule has 3 N–H and O–H groups in total. The van der Waals surface area contributed by atoms with Crippen LogP contribution >= 0.6 is 0 Å². The summed E-state index contributed by atoms with van der Waals surface area (Å²) < 4.78 is 0. The Bertz CT molecular complexity index is 380. The Morgan fingerprint density at radius 3 is 2.61 bits per heavy atom. The SMILES string of the molecule is CC(=O)CC[C@H](NC(=O)[C@@H]1CCC(=O)N1)C(=O)O. The van der Waals surface area contributed by atoms with Crippen LogP contribution in [0.25, 0.3) is 0 Å². The lowest BCUT2D eigenvalue weighted by Gasteiger charge is -2.16. The van der Waals surface area contributed by atoms with Crippen molar-refractivity contribution in [2.75, 3.05) is 0 Å². The molecule has 0 radical (unpaired) electrons. The monoisotopic (exact) mass is 256 g/mol. The highest BCUT2D eigenvalue weighted by atomic mass is 16.4. The van der Waals surface area contributed by atoms with Gasteiger partial charge in [-0.25, -0.2) is 4.79 Å². The number of ketones is 1. The van der Waals surface area contributed by atoms with Gasteiger partial charge >= 0.3 is 5.97 Å². The minimum absolute atomic E-state index is 0.0527. The van der Waals surface area contributed by atoms with Crippen LogP contribution in [-0.4, -0.2) is 40.8 Å². The average Bonchev–Trinajstić information content (AvgIpc) is 2.70. The van der Waals surface area contributed by atoms with Crippen LogP contribution in [0.4, 0.5) is 0 Å². The molecule has 0 unspecified atom stereocenters. The van der Waals surface area contributed by atoms with Crippen LogP contribution in [0.3, 0.4) is 0 Å². The van der Waals surface area contributed by atoms with E-state index in [4.69, 9.17) is 5.11 Å². The van der Waals surface area contributed by atoms with Gasteiger partial charge in [-0.05, 0) is 19.8 Å². The van der Waals surface area contributed by atoms with Crippen molar-refractivity contribution in [3.05, 3.63) is 0 Å². The number of rotatable bonds is 6. The predicted molar refractivity (Wildman–Crippen MR) is 60.6 cm³/mol. The lowest BCUT2D eigenvalue weighted by Crippen LogP contribution is -2.48. The summed E-state index contributed by atoms with van der Waals surface area (Å²) in [6, 6.07) is -1.77. The molecular formula is C11H16N2O5. The fraction of sp³-hybridized carbons (Fsp3) is 0.636. The summed E-state index contributed by atoms with van der Waals surface area (Å²) in [5.41, 5.74) is 0. The smallest absolute Gasteiger partial charge is 0.326 e. The minimum atomic E-state index is -1.19. The molecule has 1 aliphatic heterocycles. The first-order valence-electron chi connectivity index (χ1n) is 5.72. The Balaban J connectivity index is 2.49. The summed E-state index contributed by atoms with van der Waals surface area (Å²) in [4.78, 5) is 44.3. The van der Waals surface area contributed by atoms with Crippen molar-refractivity contribution < 1.29 is 24.3 Å². The van der Waals surface area contributed by atoms with Gasteiger partial charge < -0.3 is 20.5 Å². The Hall–Kier alpha value is -1.92. The average molecular weight is 256 g/mol. The molecule has 0 aromatic heterocycles. The highest BCUT2D eigenvalue weighted by Gasteiger charge is 2.30. The molecule has 0 saturated carbocycles. The maximum atomic E-state index is 11.7. The molecule has 1 saturated heterocycles. The Morgan fingerprint density at radius 2 is 2.17 bits per heavy atom. The first-order valence-corrected chi connectivity index (χ1v) is 5.72. The summed E-state index contributed by atoms with van der Waals surface area (Å²) in [7, 11) is 0. The van der Waals surface area contributed by atoms with Crippen LogP contribution in [0.2, 0.25) is 0 Å². The Kier molecular flexibility index (Phi) is 4.82. The number of amides is 2. The number of aliphatic carboxylic acids is 1. The second-order valence-corrected chi connectivity index (χ2v) is 4.30. The molecule has 7 nitrogen and oxygen atoms in total. The van der Waals surface area contributed by atoms with E-state index in [1.54, 1.807) is 0 Å². The molecule has 7 heteroatoms. The third kappa shape index (κ3) is 4.15. The standard InChI is InChI=1S/C11H16N2O5/c1-6(14)2-3-8(11(17)18)13-10(16)7-4-5-9(15)12-7/h7-8H,2-5H2,1H3,(H,12,15)(H,13,16)(H,17,18)/t7-,8-/m0/s1. The summed E-state index contributed by atoms with van der Waals surface area (Å²) in [6.07, 6.45) is 0.776. The van der Waals surface area contributed by atoms with Gasteiger partial charge in [0.15, 0.2) is 0 Å². The molecule has 0 spiro atoms. The first-order chi connectivity index (χ1) is 8.40. The molecule has 1 fully saturated rings. The van der Waals surface area contributed by atoms with Gasteiger partial charge in [-0.1, -0.05) is 0 Å².